The van der Waals surface area contributed by atoms with Gasteiger partial charge in [0.1, 0.15) is 0 Å². The number of carbonyl (C=O) groups is 1. The van der Waals surface area contributed by atoms with Crippen LogP contribution in [0.4, 0.5) is 0 Å². The normalized spacial score (nSPS) is 9.85. The molecule has 0 aliphatic heterocycles. The lowest BCUT2D eigenvalue weighted by atomic mass is 10.1. The molecule has 1 N–H and O–H groups in total. The van der Waals surface area contributed by atoms with Crippen molar-refractivity contribution in [2.45, 2.75) is 0 Å². The van der Waals surface area contributed by atoms with Gasteiger partial charge in [-0.1, -0.05) is 0 Å². The molecule has 0 saturated heterocycles. The zero-order valence-corrected chi connectivity index (χ0v) is 6.90. The van der Waals surface area contributed by atoms with E-state index in [2.05, 4.69) is 9.97 Å². The fraction of sp³-hybridized carbons (Fsp3) is 0. The number of aldehydes is 1. The maximum Gasteiger partial charge on any atom is 0.152 e. The number of aromatic amines is 1. The Morgan fingerprint density at radius 1 is 1.23 bits per heavy atom. The predicted octanol–water partition coefficient (Wildman–Crippen LogP) is 1.89. The molecule has 0 saturated carbocycles. The highest BCUT2D eigenvalue weighted by Gasteiger charge is 2.03. The van der Waals surface area contributed by atoms with E-state index in [1.54, 1.807) is 24.8 Å². The molecule has 0 aliphatic rings. The summed E-state index contributed by atoms with van der Waals surface area (Å²) < 4.78 is 0. The molecule has 0 atom stereocenters. The molecule has 3 heteroatoms. The lowest BCUT2D eigenvalue weighted by Gasteiger charge is -1.96. The van der Waals surface area contributed by atoms with Crippen molar-refractivity contribution < 1.29 is 4.79 Å². The molecule has 0 fully saturated rings. The summed E-state index contributed by atoms with van der Waals surface area (Å²) in [6, 6.07) is 3.74. The van der Waals surface area contributed by atoms with Crippen molar-refractivity contribution in [2.24, 2.45) is 0 Å². The highest BCUT2D eigenvalue weighted by Crippen LogP contribution is 2.20. The average molecular weight is 172 g/mol. The topological polar surface area (TPSA) is 45.8 Å². The van der Waals surface area contributed by atoms with E-state index in [9.17, 15) is 4.79 Å². The molecule has 0 aliphatic carbocycles. The quantitative estimate of drug-likeness (QED) is 0.703. The smallest absolute Gasteiger partial charge is 0.152 e. The van der Waals surface area contributed by atoms with Crippen molar-refractivity contribution in [1.29, 1.82) is 0 Å². The minimum absolute atomic E-state index is 0.672. The third-order valence-electron chi connectivity index (χ3n) is 1.90. The first-order chi connectivity index (χ1) is 6.42. The molecule has 2 aromatic rings. The number of rotatable bonds is 2. The molecule has 2 heterocycles. The van der Waals surface area contributed by atoms with Crippen LogP contribution in [-0.2, 0) is 0 Å². The summed E-state index contributed by atoms with van der Waals surface area (Å²) in [7, 11) is 0. The molecule has 0 unspecified atom stereocenters. The minimum atomic E-state index is 0.672. The third-order valence-corrected chi connectivity index (χ3v) is 1.90. The van der Waals surface area contributed by atoms with E-state index >= 15 is 0 Å². The van der Waals surface area contributed by atoms with Crippen LogP contribution in [0.1, 0.15) is 10.4 Å². The number of pyridine rings is 1. The van der Waals surface area contributed by atoms with Gasteiger partial charge < -0.3 is 4.98 Å². The van der Waals surface area contributed by atoms with Crippen LogP contribution in [0.3, 0.4) is 0 Å². The molecule has 0 amide bonds. The van der Waals surface area contributed by atoms with Crippen molar-refractivity contribution >= 4 is 6.29 Å². The molecule has 13 heavy (non-hydrogen) atoms. The summed E-state index contributed by atoms with van der Waals surface area (Å²) in [5.41, 5.74) is 2.59. The van der Waals surface area contributed by atoms with Crippen molar-refractivity contribution in [3.05, 3.63) is 42.5 Å². The highest BCUT2D eigenvalue weighted by molar-refractivity contribution is 5.87. The van der Waals surface area contributed by atoms with Gasteiger partial charge in [-0.15, -0.1) is 0 Å². The second-order valence-electron chi connectivity index (χ2n) is 2.68. The van der Waals surface area contributed by atoms with Crippen molar-refractivity contribution in [1.82, 2.24) is 9.97 Å². The Bertz CT molecular complexity index is 406. The summed E-state index contributed by atoms with van der Waals surface area (Å²) in [5, 5.41) is 0. The van der Waals surface area contributed by atoms with Crippen LogP contribution in [0.25, 0.3) is 11.1 Å². The Balaban J connectivity index is 2.52. The predicted molar refractivity (Wildman–Crippen MR) is 49.4 cm³/mol. The second-order valence-corrected chi connectivity index (χ2v) is 2.68. The lowest BCUT2D eigenvalue weighted by molar-refractivity contribution is 0.112. The molecule has 0 bridgehead atoms. The van der Waals surface area contributed by atoms with Gasteiger partial charge in [0.2, 0.25) is 0 Å². The Morgan fingerprint density at radius 3 is 2.69 bits per heavy atom. The molecular weight excluding hydrogens is 164 g/mol. The van der Waals surface area contributed by atoms with E-state index in [0.29, 0.717) is 5.56 Å². The first-order valence-corrected chi connectivity index (χ1v) is 3.94. The summed E-state index contributed by atoms with van der Waals surface area (Å²) in [4.78, 5) is 17.4. The van der Waals surface area contributed by atoms with Gasteiger partial charge in [0.05, 0.1) is 0 Å². The number of aromatic nitrogens is 2. The van der Waals surface area contributed by atoms with E-state index < -0.39 is 0 Å². The Kier molecular flexibility index (Phi) is 1.92. The summed E-state index contributed by atoms with van der Waals surface area (Å²) in [6.07, 6.45) is 7.74. The van der Waals surface area contributed by atoms with Gasteiger partial charge in [-0.25, -0.2) is 0 Å². The zero-order chi connectivity index (χ0) is 9.10. The Labute approximate surface area is 75.4 Å². The van der Waals surface area contributed by atoms with Gasteiger partial charge >= 0.3 is 0 Å². The maximum atomic E-state index is 10.6. The van der Waals surface area contributed by atoms with Crippen LogP contribution in [-0.4, -0.2) is 16.3 Å². The van der Waals surface area contributed by atoms with Gasteiger partial charge in [-0.2, -0.15) is 0 Å². The van der Waals surface area contributed by atoms with Crippen LogP contribution < -0.4 is 0 Å². The van der Waals surface area contributed by atoms with E-state index in [4.69, 9.17) is 0 Å². The van der Waals surface area contributed by atoms with Crippen LogP contribution in [0, 0.1) is 0 Å². The van der Waals surface area contributed by atoms with Gasteiger partial charge in [0.25, 0.3) is 0 Å². The molecule has 0 radical (unpaired) electrons. The van der Waals surface area contributed by atoms with Crippen LogP contribution >= 0.6 is 0 Å². The van der Waals surface area contributed by atoms with Crippen molar-refractivity contribution in [3.63, 3.8) is 0 Å². The largest absolute Gasteiger partial charge is 0.366 e. The SMILES string of the molecule is O=Cc1c[nH]cc1-c1ccncc1. The van der Waals surface area contributed by atoms with Crippen LogP contribution in [0.5, 0.6) is 0 Å². The number of H-pyrrole nitrogens is 1. The number of nitrogens with zero attached hydrogens (tertiary/aromatic N) is 1. The Morgan fingerprint density at radius 2 is 2.00 bits per heavy atom. The summed E-state index contributed by atoms with van der Waals surface area (Å²) in [5.74, 6) is 0. The third kappa shape index (κ3) is 1.36. The molecular formula is C10H8N2O. The van der Waals surface area contributed by atoms with Crippen molar-refractivity contribution in [2.75, 3.05) is 0 Å². The number of nitrogens with one attached hydrogen (secondary N) is 1. The Hall–Kier alpha value is -1.90. The van der Waals surface area contributed by atoms with E-state index in [1.807, 2.05) is 12.1 Å². The van der Waals surface area contributed by atoms with Gasteiger partial charge in [0.15, 0.2) is 6.29 Å². The molecule has 0 aromatic carbocycles. The van der Waals surface area contributed by atoms with E-state index in [1.165, 1.54) is 0 Å². The van der Waals surface area contributed by atoms with Gasteiger partial charge in [0, 0.05) is 35.9 Å². The molecule has 2 rings (SSSR count). The van der Waals surface area contributed by atoms with Crippen LogP contribution in [0.15, 0.2) is 36.9 Å². The standard InChI is InChI=1S/C10H8N2O/c13-7-9-5-12-6-10(9)8-1-3-11-4-2-8/h1-7,12H. The monoisotopic (exact) mass is 172 g/mol. The van der Waals surface area contributed by atoms with Crippen LogP contribution in [0.2, 0.25) is 0 Å². The van der Waals surface area contributed by atoms with Gasteiger partial charge in [-0.3, -0.25) is 9.78 Å². The summed E-state index contributed by atoms with van der Waals surface area (Å²) in [6.45, 7) is 0. The lowest BCUT2D eigenvalue weighted by Crippen LogP contribution is -1.81. The second kappa shape index (κ2) is 3.23. The first kappa shape index (κ1) is 7.73. The molecule has 64 valence electrons. The van der Waals surface area contributed by atoms with E-state index in [0.717, 1.165) is 17.4 Å². The molecule has 3 nitrogen and oxygen atoms in total. The average Bonchev–Trinajstić information content (AvgIpc) is 2.67. The maximum absolute atomic E-state index is 10.6. The molecule has 2 aromatic heterocycles. The first-order valence-electron chi connectivity index (χ1n) is 3.94. The fourth-order valence-electron chi connectivity index (χ4n) is 1.25. The number of hydrogen-bond donors (Lipinski definition) is 1. The molecule has 0 spiro atoms. The van der Waals surface area contributed by atoms with E-state index in [-0.39, 0.29) is 0 Å². The fourth-order valence-corrected chi connectivity index (χ4v) is 1.25. The van der Waals surface area contributed by atoms with Gasteiger partial charge in [-0.05, 0) is 17.7 Å². The van der Waals surface area contributed by atoms with Crippen molar-refractivity contribution in [3.8, 4) is 11.1 Å². The minimum Gasteiger partial charge on any atom is -0.366 e. The highest BCUT2D eigenvalue weighted by atomic mass is 16.1. The number of hydrogen-bond acceptors (Lipinski definition) is 2. The zero-order valence-electron chi connectivity index (χ0n) is 6.90. The number of carbonyl (C=O) groups excluding carboxylic acids is 1. The summed E-state index contributed by atoms with van der Waals surface area (Å²) >= 11 is 0.